The fourth-order valence-electron chi connectivity index (χ4n) is 2.07. The molecule has 0 radical (unpaired) electrons. The molecule has 3 N–H and O–H groups in total. The summed E-state index contributed by atoms with van der Waals surface area (Å²) in [5.41, 5.74) is 1.95. The highest BCUT2D eigenvalue weighted by molar-refractivity contribution is 5.81. The second-order valence-electron chi connectivity index (χ2n) is 5.28. The first-order chi connectivity index (χ1) is 9.56. The van der Waals surface area contributed by atoms with Gasteiger partial charge in [-0.25, -0.2) is 0 Å². The van der Waals surface area contributed by atoms with Crippen LogP contribution in [0, 0.1) is 0 Å². The van der Waals surface area contributed by atoms with E-state index in [1.807, 2.05) is 38.1 Å². The van der Waals surface area contributed by atoms with E-state index >= 15 is 0 Å². The first kappa shape index (κ1) is 16.7. The van der Waals surface area contributed by atoms with Crippen molar-refractivity contribution >= 4 is 5.91 Å². The van der Waals surface area contributed by atoms with E-state index in [4.69, 9.17) is 5.11 Å². The van der Waals surface area contributed by atoms with Gasteiger partial charge in [0.05, 0.1) is 12.6 Å². The van der Waals surface area contributed by atoms with E-state index in [1.54, 1.807) is 0 Å². The molecular formula is C16H26N2O2. The summed E-state index contributed by atoms with van der Waals surface area (Å²) in [7, 11) is 0. The first-order valence-corrected chi connectivity index (χ1v) is 7.29. The third kappa shape index (κ3) is 5.72. The molecule has 2 unspecified atom stereocenters. The highest BCUT2D eigenvalue weighted by Crippen LogP contribution is 2.05. The Morgan fingerprint density at radius 3 is 2.65 bits per heavy atom. The van der Waals surface area contributed by atoms with Crippen LogP contribution in [-0.4, -0.2) is 23.1 Å². The largest absolute Gasteiger partial charge is 0.392 e. The number of amides is 1. The standard InChI is InChI=1S/C16H26N2O2/c1-4-6-12(2)18-16(20)13(3)17-10-14-7-5-8-15(9-14)11-19/h5,7-9,12-13,17,19H,4,6,10-11H2,1-3H3,(H,18,20). The smallest absolute Gasteiger partial charge is 0.237 e. The number of hydrogen-bond acceptors (Lipinski definition) is 3. The summed E-state index contributed by atoms with van der Waals surface area (Å²) in [6.07, 6.45) is 2.06. The van der Waals surface area contributed by atoms with Gasteiger partial charge in [0.2, 0.25) is 5.91 Å². The Hall–Kier alpha value is -1.39. The molecule has 0 bridgehead atoms. The molecule has 112 valence electrons. The molecule has 1 aromatic rings. The van der Waals surface area contributed by atoms with Gasteiger partial charge in [-0.15, -0.1) is 0 Å². The van der Waals surface area contributed by atoms with Crippen LogP contribution in [0.3, 0.4) is 0 Å². The second kappa shape index (κ2) is 8.72. The maximum Gasteiger partial charge on any atom is 0.237 e. The van der Waals surface area contributed by atoms with E-state index < -0.39 is 0 Å². The molecule has 20 heavy (non-hydrogen) atoms. The maximum absolute atomic E-state index is 12.0. The molecule has 0 aliphatic carbocycles. The van der Waals surface area contributed by atoms with Crippen LogP contribution in [0.4, 0.5) is 0 Å². The van der Waals surface area contributed by atoms with E-state index in [2.05, 4.69) is 17.6 Å². The van der Waals surface area contributed by atoms with E-state index in [0.717, 1.165) is 24.0 Å². The van der Waals surface area contributed by atoms with Crippen LogP contribution in [0.5, 0.6) is 0 Å². The van der Waals surface area contributed by atoms with Gasteiger partial charge in [0.1, 0.15) is 0 Å². The molecule has 1 aromatic carbocycles. The van der Waals surface area contributed by atoms with E-state index in [9.17, 15) is 4.79 Å². The van der Waals surface area contributed by atoms with E-state index in [0.29, 0.717) is 6.54 Å². The van der Waals surface area contributed by atoms with Gasteiger partial charge in [0, 0.05) is 12.6 Å². The van der Waals surface area contributed by atoms with Crippen LogP contribution in [0.2, 0.25) is 0 Å². The van der Waals surface area contributed by atoms with Crippen LogP contribution in [0.25, 0.3) is 0 Å². The minimum Gasteiger partial charge on any atom is -0.392 e. The SMILES string of the molecule is CCCC(C)NC(=O)C(C)NCc1cccc(CO)c1. The number of rotatable bonds is 8. The molecule has 0 heterocycles. The summed E-state index contributed by atoms with van der Waals surface area (Å²) < 4.78 is 0. The normalized spacial score (nSPS) is 13.8. The lowest BCUT2D eigenvalue weighted by atomic mass is 10.1. The molecule has 0 saturated carbocycles. The highest BCUT2D eigenvalue weighted by atomic mass is 16.3. The van der Waals surface area contributed by atoms with Gasteiger partial charge in [-0.1, -0.05) is 37.6 Å². The lowest BCUT2D eigenvalue weighted by Gasteiger charge is -2.18. The number of carbonyl (C=O) groups excluding carboxylic acids is 1. The summed E-state index contributed by atoms with van der Waals surface area (Å²) >= 11 is 0. The number of aliphatic hydroxyl groups is 1. The topological polar surface area (TPSA) is 61.4 Å². The maximum atomic E-state index is 12.0. The molecular weight excluding hydrogens is 252 g/mol. The van der Waals surface area contributed by atoms with Gasteiger partial charge in [-0.05, 0) is 31.4 Å². The molecule has 4 heteroatoms. The van der Waals surface area contributed by atoms with Crippen molar-refractivity contribution in [2.45, 2.75) is 58.8 Å². The average Bonchev–Trinajstić information content (AvgIpc) is 2.45. The monoisotopic (exact) mass is 278 g/mol. The van der Waals surface area contributed by atoms with Gasteiger partial charge >= 0.3 is 0 Å². The van der Waals surface area contributed by atoms with Crippen LogP contribution >= 0.6 is 0 Å². The average molecular weight is 278 g/mol. The molecule has 0 aliphatic rings. The van der Waals surface area contributed by atoms with Crippen molar-refractivity contribution in [3.05, 3.63) is 35.4 Å². The molecule has 0 fully saturated rings. The molecule has 4 nitrogen and oxygen atoms in total. The Kier molecular flexibility index (Phi) is 7.26. The van der Waals surface area contributed by atoms with Gasteiger partial charge in [-0.3, -0.25) is 4.79 Å². The number of carbonyl (C=O) groups is 1. The van der Waals surface area contributed by atoms with E-state index in [-0.39, 0.29) is 24.6 Å². The summed E-state index contributed by atoms with van der Waals surface area (Å²) in [6, 6.07) is 7.71. The van der Waals surface area contributed by atoms with Crippen molar-refractivity contribution in [3.8, 4) is 0 Å². The Morgan fingerprint density at radius 2 is 2.00 bits per heavy atom. The van der Waals surface area contributed by atoms with Crippen LogP contribution in [-0.2, 0) is 17.9 Å². The van der Waals surface area contributed by atoms with Crippen molar-refractivity contribution in [3.63, 3.8) is 0 Å². The summed E-state index contributed by atoms with van der Waals surface area (Å²) in [6.45, 7) is 6.66. The lowest BCUT2D eigenvalue weighted by molar-refractivity contribution is -0.123. The van der Waals surface area contributed by atoms with Crippen LogP contribution < -0.4 is 10.6 Å². The zero-order chi connectivity index (χ0) is 15.0. The van der Waals surface area contributed by atoms with Gasteiger partial charge < -0.3 is 15.7 Å². The third-order valence-electron chi connectivity index (χ3n) is 3.29. The third-order valence-corrected chi connectivity index (χ3v) is 3.29. The Balaban J connectivity index is 2.41. The van der Waals surface area contributed by atoms with Crippen LogP contribution in [0.15, 0.2) is 24.3 Å². The number of benzene rings is 1. The molecule has 1 rings (SSSR count). The van der Waals surface area contributed by atoms with Crippen molar-refractivity contribution in [2.24, 2.45) is 0 Å². The zero-order valence-electron chi connectivity index (χ0n) is 12.6. The molecule has 2 atom stereocenters. The molecule has 0 saturated heterocycles. The van der Waals surface area contributed by atoms with Gasteiger partial charge in [0.25, 0.3) is 0 Å². The van der Waals surface area contributed by atoms with Crippen LogP contribution in [0.1, 0.15) is 44.7 Å². The second-order valence-corrected chi connectivity index (χ2v) is 5.28. The number of nitrogens with one attached hydrogen (secondary N) is 2. The summed E-state index contributed by atoms with van der Waals surface area (Å²) in [5.74, 6) is 0.0317. The fraction of sp³-hybridized carbons (Fsp3) is 0.562. The zero-order valence-corrected chi connectivity index (χ0v) is 12.6. The van der Waals surface area contributed by atoms with E-state index in [1.165, 1.54) is 0 Å². The summed E-state index contributed by atoms with van der Waals surface area (Å²) in [5, 5.41) is 15.3. The molecule has 1 amide bonds. The van der Waals surface area contributed by atoms with Crippen molar-refractivity contribution in [2.75, 3.05) is 0 Å². The van der Waals surface area contributed by atoms with Crippen molar-refractivity contribution in [1.82, 2.24) is 10.6 Å². The minimum atomic E-state index is -0.230. The van der Waals surface area contributed by atoms with Crippen molar-refractivity contribution < 1.29 is 9.90 Å². The summed E-state index contributed by atoms with van der Waals surface area (Å²) in [4.78, 5) is 12.0. The fourth-order valence-corrected chi connectivity index (χ4v) is 2.07. The predicted molar refractivity (Wildman–Crippen MR) is 81.2 cm³/mol. The molecule has 0 aromatic heterocycles. The quantitative estimate of drug-likeness (QED) is 0.681. The van der Waals surface area contributed by atoms with Gasteiger partial charge in [0.15, 0.2) is 0 Å². The first-order valence-electron chi connectivity index (χ1n) is 7.29. The van der Waals surface area contributed by atoms with Gasteiger partial charge in [-0.2, -0.15) is 0 Å². The Labute approximate surface area is 121 Å². The Morgan fingerprint density at radius 1 is 1.30 bits per heavy atom. The molecule has 0 aliphatic heterocycles. The minimum absolute atomic E-state index is 0.0317. The predicted octanol–water partition coefficient (Wildman–Crippen LogP) is 1.96. The molecule has 0 spiro atoms. The number of aliphatic hydroxyl groups excluding tert-OH is 1. The highest BCUT2D eigenvalue weighted by Gasteiger charge is 2.14. The lowest BCUT2D eigenvalue weighted by Crippen LogP contribution is -2.45. The van der Waals surface area contributed by atoms with Crippen molar-refractivity contribution in [1.29, 1.82) is 0 Å². The Bertz CT molecular complexity index is 421. The number of hydrogen-bond donors (Lipinski definition) is 3.